The smallest absolute Gasteiger partial charge is 0.162 e. The first kappa shape index (κ1) is 12.3. The summed E-state index contributed by atoms with van der Waals surface area (Å²) >= 11 is 0. The minimum atomic E-state index is -0.813. The summed E-state index contributed by atoms with van der Waals surface area (Å²) in [7, 11) is 0. The molecule has 2 aromatic rings. The maximum atomic E-state index is 13.8. The first-order chi connectivity index (χ1) is 9.10. The van der Waals surface area contributed by atoms with Crippen molar-refractivity contribution in [1.82, 2.24) is 0 Å². The molecular weight excluding hydrogens is 244 g/mol. The van der Waals surface area contributed by atoms with E-state index in [1.807, 2.05) is 24.3 Å². The van der Waals surface area contributed by atoms with Gasteiger partial charge in [0.1, 0.15) is 0 Å². The van der Waals surface area contributed by atoms with Crippen LogP contribution < -0.4 is 5.73 Å². The Balaban J connectivity index is 1.98. The van der Waals surface area contributed by atoms with E-state index >= 15 is 0 Å². The van der Waals surface area contributed by atoms with E-state index in [0.29, 0.717) is 12.0 Å². The third kappa shape index (κ3) is 2.04. The largest absolute Gasteiger partial charge is 0.321 e. The van der Waals surface area contributed by atoms with Gasteiger partial charge < -0.3 is 5.73 Å². The molecule has 0 spiro atoms. The first-order valence-electron chi connectivity index (χ1n) is 6.40. The molecule has 2 aromatic carbocycles. The SMILES string of the molecule is NC1(Cc2cccc(F)c2F)CCc2ccccc21. The molecule has 1 nitrogen and oxygen atoms in total. The molecule has 0 bridgehead atoms. The highest BCUT2D eigenvalue weighted by Crippen LogP contribution is 2.37. The van der Waals surface area contributed by atoms with Gasteiger partial charge in [0.2, 0.25) is 0 Å². The normalized spacial score (nSPS) is 21.4. The van der Waals surface area contributed by atoms with Crippen LogP contribution in [0.4, 0.5) is 8.78 Å². The topological polar surface area (TPSA) is 26.0 Å². The van der Waals surface area contributed by atoms with Crippen LogP contribution in [0.1, 0.15) is 23.1 Å². The molecule has 0 aliphatic heterocycles. The Morgan fingerprint density at radius 1 is 1.05 bits per heavy atom. The second kappa shape index (κ2) is 4.42. The summed E-state index contributed by atoms with van der Waals surface area (Å²) < 4.78 is 27.0. The molecular formula is C16H15F2N. The number of hydrogen-bond donors (Lipinski definition) is 1. The van der Waals surface area contributed by atoms with Crippen molar-refractivity contribution in [3.63, 3.8) is 0 Å². The number of benzene rings is 2. The molecule has 0 amide bonds. The second-order valence-electron chi connectivity index (χ2n) is 5.20. The second-order valence-corrected chi connectivity index (χ2v) is 5.20. The van der Waals surface area contributed by atoms with Crippen molar-refractivity contribution in [2.75, 3.05) is 0 Å². The van der Waals surface area contributed by atoms with Crippen molar-refractivity contribution in [1.29, 1.82) is 0 Å². The Labute approximate surface area is 111 Å². The average Bonchev–Trinajstić information content (AvgIpc) is 2.74. The molecule has 0 saturated heterocycles. The zero-order valence-corrected chi connectivity index (χ0v) is 10.5. The summed E-state index contributed by atoms with van der Waals surface area (Å²) in [5, 5.41) is 0. The fraction of sp³-hybridized carbons (Fsp3) is 0.250. The summed E-state index contributed by atoms with van der Waals surface area (Å²) in [6.45, 7) is 0. The van der Waals surface area contributed by atoms with E-state index in [-0.39, 0.29) is 0 Å². The van der Waals surface area contributed by atoms with E-state index in [1.165, 1.54) is 11.6 Å². The lowest BCUT2D eigenvalue weighted by molar-refractivity contribution is 0.420. The molecule has 1 unspecified atom stereocenters. The van der Waals surface area contributed by atoms with E-state index in [0.717, 1.165) is 24.5 Å². The van der Waals surface area contributed by atoms with Crippen molar-refractivity contribution >= 4 is 0 Å². The highest BCUT2D eigenvalue weighted by molar-refractivity contribution is 5.40. The summed E-state index contributed by atoms with van der Waals surface area (Å²) in [6.07, 6.45) is 1.99. The molecule has 0 fully saturated rings. The van der Waals surface area contributed by atoms with Crippen LogP contribution in [0.25, 0.3) is 0 Å². The number of halogens is 2. The standard InChI is InChI=1S/C16H15F2N/c17-14-7-3-5-12(15(14)18)10-16(19)9-8-11-4-1-2-6-13(11)16/h1-7H,8-10,19H2. The van der Waals surface area contributed by atoms with Gasteiger partial charge in [0.25, 0.3) is 0 Å². The van der Waals surface area contributed by atoms with Crippen LogP contribution in [-0.4, -0.2) is 0 Å². The predicted molar refractivity (Wildman–Crippen MR) is 70.7 cm³/mol. The van der Waals surface area contributed by atoms with Crippen LogP contribution in [-0.2, 0) is 18.4 Å². The van der Waals surface area contributed by atoms with Gasteiger partial charge in [-0.25, -0.2) is 8.78 Å². The lowest BCUT2D eigenvalue weighted by Crippen LogP contribution is -2.36. The molecule has 1 aliphatic rings. The fourth-order valence-electron chi connectivity index (χ4n) is 2.92. The molecule has 1 atom stereocenters. The Morgan fingerprint density at radius 2 is 1.84 bits per heavy atom. The maximum Gasteiger partial charge on any atom is 0.162 e. The number of hydrogen-bond acceptors (Lipinski definition) is 1. The van der Waals surface area contributed by atoms with Gasteiger partial charge in [0, 0.05) is 5.54 Å². The van der Waals surface area contributed by atoms with Gasteiger partial charge in [-0.05, 0) is 42.0 Å². The predicted octanol–water partition coefficient (Wildman–Crippen LogP) is 3.31. The highest BCUT2D eigenvalue weighted by atomic mass is 19.2. The molecule has 0 aromatic heterocycles. The van der Waals surface area contributed by atoms with Gasteiger partial charge in [-0.1, -0.05) is 36.4 Å². The van der Waals surface area contributed by atoms with E-state index < -0.39 is 17.2 Å². The zero-order chi connectivity index (χ0) is 13.5. The monoisotopic (exact) mass is 259 g/mol. The maximum absolute atomic E-state index is 13.8. The molecule has 19 heavy (non-hydrogen) atoms. The molecule has 0 radical (unpaired) electrons. The Morgan fingerprint density at radius 3 is 2.68 bits per heavy atom. The lowest BCUT2D eigenvalue weighted by atomic mass is 9.86. The van der Waals surface area contributed by atoms with Gasteiger partial charge in [-0.15, -0.1) is 0 Å². The third-order valence-corrected chi connectivity index (χ3v) is 3.93. The summed E-state index contributed by atoms with van der Waals surface area (Å²) in [6, 6.07) is 12.2. The molecule has 2 N–H and O–H groups in total. The molecule has 3 heteroatoms. The van der Waals surface area contributed by atoms with E-state index in [2.05, 4.69) is 0 Å². The van der Waals surface area contributed by atoms with Crippen LogP contribution in [0.3, 0.4) is 0 Å². The van der Waals surface area contributed by atoms with Crippen LogP contribution in [0.5, 0.6) is 0 Å². The minimum Gasteiger partial charge on any atom is -0.321 e. The average molecular weight is 259 g/mol. The molecule has 0 saturated carbocycles. The number of fused-ring (bicyclic) bond motifs is 1. The van der Waals surface area contributed by atoms with Crippen molar-refractivity contribution < 1.29 is 8.78 Å². The van der Waals surface area contributed by atoms with E-state index in [4.69, 9.17) is 5.73 Å². The van der Waals surface area contributed by atoms with Crippen LogP contribution in [0.2, 0.25) is 0 Å². The Bertz CT molecular complexity index is 624. The number of rotatable bonds is 2. The fourth-order valence-corrected chi connectivity index (χ4v) is 2.92. The molecule has 98 valence electrons. The van der Waals surface area contributed by atoms with Crippen molar-refractivity contribution in [3.05, 3.63) is 70.8 Å². The van der Waals surface area contributed by atoms with Crippen molar-refractivity contribution in [2.24, 2.45) is 5.73 Å². The van der Waals surface area contributed by atoms with Crippen molar-refractivity contribution in [3.8, 4) is 0 Å². The molecule has 0 heterocycles. The van der Waals surface area contributed by atoms with Gasteiger partial charge in [-0.2, -0.15) is 0 Å². The van der Waals surface area contributed by atoms with Crippen LogP contribution in [0.15, 0.2) is 42.5 Å². The summed E-state index contributed by atoms with van der Waals surface area (Å²) in [5.74, 6) is -1.59. The lowest BCUT2D eigenvalue weighted by Gasteiger charge is -2.26. The van der Waals surface area contributed by atoms with Crippen LogP contribution >= 0.6 is 0 Å². The third-order valence-electron chi connectivity index (χ3n) is 3.93. The van der Waals surface area contributed by atoms with Gasteiger partial charge in [0.15, 0.2) is 11.6 Å². The Hall–Kier alpha value is -1.74. The van der Waals surface area contributed by atoms with Crippen molar-refractivity contribution in [2.45, 2.75) is 24.8 Å². The summed E-state index contributed by atoms with van der Waals surface area (Å²) in [5.41, 5.74) is 8.45. The molecule has 1 aliphatic carbocycles. The number of nitrogens with two attached hydrogens (primary N) is 1. The van der Waals surface area contributed by atoms with Gasteiger partial charge >= 0.3 is 0 Å². The van der Waals surface area contributed by atoms with E-state index in [9.17, 15) is 8.78 Å². The van der Waals surface area contributed by atoms with Gasteiger partial charge in [-0.3, -0.25) is 0 Å². The zero-order valence-electron chi connectivity index (χ0n) is 10.5. The number of aryl methyl sites for hydroxylation is 1. The molecule has 3 rings (SSSR count). The van der Waals surface area contributed by atoms with Gasteiger partial charge in [0.05, 0.1) is 0 Å². The highest BCUT2D eigenvalue weighted by Gasteiger charge is 2.35. The first-order valence-corrected chi connectivity index (χ1v) is 6.40. The minimum absolute atomic E-state index is 0.327. The Kier molecular flexibility index (Phi) is 2.86. The van der Waals surface area contributed by atoms with Crippen LogP contribution in [0, 0.1) is 11.6 Å². The summed E-state index contributed by atoms with van der Waals surface area (Å²) in [4.78, 5) is 0. The quantitative estimate of drug-likeness (QED) is 0.879. The van der Waals surface area contributed by atoms with E-state index in [1.54, 1.807) is 6.07 Å².